The molecule has 2 fully saturated rings. The van der Waals surface area contributed by atoms with Crippen LogP contribution < -0.4 is 0 Å². The Morgan fingerprint density at radius 1 is 1.28 bits per heavy atom. The lowest BCUT2D eigenvalue weighted by Crippen LogP contribution is -2.49. The van der Waals surface area contributed by atoms with Crippen LogP contribution in [-0.2, 0) is 17.6 Å². The third-order valence-corrected chi connectivity index (χ3v) is 7.25. The normalized spacial score (nSPS) is 29.3. The molecule has 1 amide bonds. The molecule has 0 radical (unpaired) electrons. The second kappa shape index (κ2) is 7.15. The summed E-state index contributed by atoms with van der Waals surface area (Å²) in [6.45, 7) is 5.34. The fraction of sp³-hybridized carbons (Fsp3) is 0.739. The number of carbonyl (C=O) groups is 1. The van der Waals surface area contributed by atoms with Crippen LogP contribution in [0.15, 0.2) is 18.0 Å². The molecule has 0 spiro atoms. The monoisotopic (exact) mass is 398 g/mol. The first-order valence-corrected chi connectivity index (χ1v) is 11.4. The molecule has 29 heavy (non-hydrogen) atoms. The molecular formula is C23H34N4O2. The van der Waals surface area contributed by atoms with Crippen LogP contribution in [-0.4, -0.2) is 61.8 Å². The summed E-state index contributed by atoms with van der Waals surface area (Å²) in [6.07, 6.45) is 12.5. The molecule has 158 valence electrons. The number of aromatic nitrogens is 2. The minimum Gasteiger partial charge on any atom is -0.389 e. The lowest BCUT2D eigenvalue weighted by molar-refractivity contribution is -0.140. The first kappa shape index (κ1) is 19.2. The largest absolute Gasteiger partial charge is 0.389 e. The van der Waals surface area contributed by atoms with Gasteiger partial charge in [-0.05, 0) is 70.8 Å². The number of amides is 1. The number of fused-ring (bicyclic) bond motifs is 2. The number of aliphatic hydroxyl groups is 1. The Bertz CT molecular complexity index is 804. The van der Waals surface area contributed by atoms with E-state index in [1.54, 1.807) is 0 Å². The van der Waals surface area contributed by atoms with Crippen LogP contribution >= 0.6 is 0 Å². The van der Waals surface area contributed by atoms with E-state index in [4.69, 9.17) is 0 Å². The summed E-state index contributed by atoms with van der Waals surface area (Å²) in [4.78, 5) is 18.5. The van der Waals surface area contributed by atoms with Crippen molar-refractivity contribution in [2.75, 3.05) is 13.1 Å². The van der Waals surface area contributed by atoms with Gasteiger partial charge < -0.3 is 14.9 Å². The van der Waals surface area contributed by atoms with Crippen LogP contribution in [0.3, 0.4) is 0 Å². The molecule has 0 bridgehead atoms. The van der Waals surface area contributed by atoms with Crippen molar-refractivity contribution in [1.29, 1.82) is 0 Å². The van der Waals surface area contributed by atoms with Gasteiger partial charge in [0.15, 0.2) is 0 Å². The van der Waals surface area contributed by atoms with Gasteiger partial charge in [0.2, 0.25) is 5.91 Å². The zero-order valence-corrected chi connectivity index (χ0v) is 17.7. The summed E-state index contributed by atoms with van der Waals surface area (Å²) in [5.74, 6) is 0.825. The Morgan fingerprint density at radius 2 is 2.10 bits per heavy atom. The number of aromatic amines is 1. The Kier molecular flexibility index (Phi) is 4.72. The summed E-state index contributed by atoms with van der Waals surface area (Å²) in [7, 11) is 0. The van der Waals surface area contributed by atoms with Crippen LogP contribution in [0, 0.1) is 11.8 Å². The van der Waals surface area contributed by atoms with Crippen molar-refractivity contribution in [2.45, 2.75) is 82.9 Å². The predicted octanol–water partition coefficient (Wildman–Crippen LogP) is 2.64. The van der Waals surface area contributed by atoms with E-state index in [2.05, 4.69) is 26.1 Å². The molecule has 3 atom stereocenters. The highest BCUT2D eigenvalue weighted by Crippen LogP contribution is 2.43. The van der Waals surface area contributed by atoms with Gasteiger partial charge in [0.25, 0.3) is 0 Å². The molecule has 5 rings (SSSR count). The topological polar surface area (TPSA) is 72.5 Å². The van der Waals surface area contributed by atoms with Gasteiger partial charge >= 0.3 is 0 Å². The van der Waals surface area contributed by atoms with Gasteiger partial charge in [0, 0.05) is 48.4 Å². The fourth-order valence-corrected chi connectivity index (χ4v) is 5.88. The number of carbonyl (C=O) groups excluding carboxylic acids is 1. The van der Waals surface area contributed by atoms with Crippen LogP contribution in [0.1, 0.15) is 63.6 Å². The van der Waals surface area contributed by atoms with Gasteiger partial charge in [0.05, 0.1) is 11.8 Å². The molecule has 1 aliphatic heterocycles. The number of aryl methyl sites for hydroxylation is 1. The Morgan fingerprint density at radius 3 is 2.86 bits per heavy atom. The number of nitrogens with zero attached hydrogens (tertiary/aromatic N) is 3. The minimum absolute atomic E-state index is 0.105. The van der Waals surface area contributed by atoms with E-state index in [9.17, 15) is 9.90 Å². The number of β-amino-alcohol motifs (C(OH)–C–C–N with tert-alkyl or cyclic N) is 1. The van der Waals surface area contributed by atoms with E-state index in [1.807, 2.05) is 20.0 Å². The third-order valence-electron chi connectivity index (χ3n) is 7.25. The maximum Gasteiger partial charge on any atom is 0.226 e. The number of H-pyrrole nitrogens is 1. The zero-order chi connectivity index (χ0) is 20.2. The van der Waals surface area contributed by atoms with Gasteiger partial charge in [-0.1, -0.05) is 6.08 Å². The molecule has 1 saturated carbocycles. The molecule has 4 aliphatic rings. The number of hydrogen-bond donors (Lipinski definition) is 2. The lowest BCUT2D eigenvalue weighted by Gasteiger charge is -2.40. The van der Waals surface area contributed by atoms with Crippen LogP contribution in [0.5, 0.6) is 0 Å². The lowest BCUT2D eigenvalue weighted by atomic mass is 9.79. The average Bonchev–Trinajstić information content (AvgIpc) is 3.25. The molecule has 3 unspecified atom stereocenters. The minimum atomic E-state index is -0.711. The summed E-state index contributed by atoms with van der Waals surface area (Å²) in [5, 5.41) is 17.6. The molecule has 6 nitrogen and oxygen atoms in total. The van der Waals surface area contributed by atoms with Crippen molar-refractivity contribution in [3.63, 3.8) is 0 Å². The quantitative estimate of drug-likeness (QED) is 0.800. The van der Waals surface area contributed by atoms with Gasteiger partial charge in [-0.3, -0.25) is 9.89 Å². The summed E-state index contributed by atoms with van der Waals surface area (Å²) >= 11 is 0. The van der Waals surface area contributed by atoms with Gasteiger partial charge in [-0.15, -0.1) is 0 Å². The molecule has 1 aromatic heterocycles. The molecule has 3 aliphatic carbocycles. The maximum atomic E-state index is 13.9. The van der Waals surface area contributed by atoms with Gasteiger partial charge in [-0.2, -0.15) is 5.10 Å². The van der Waals surface area contributed by atoms with Crippen molar-refractivity contribution in [3.05, 3.63) is 29.2 Å². The van der Waals surface area contributed by atoms with Crippen molar-refractivity contribution < 1.29 is 9.90 Å². The predicted molar refractivity (Wildman–Crippen MR) is 111 cm³/mol. The van der Waals surface area contributed by atoms with Crippen LogP contribution in [0.4, 0.5) is 0 Å². The van der Waals surface area contributed by atoms with Crippen molar-refractivity contribution in [3.8, 4) is 0 Å². The second-order valence-electron chi connectivity index (χ2n) is 10.2. The van der Waals surface area contributed by atoms with Crippen LogP contribution in [0.25, 0.3) is 0 Å². The van der Waals surface area contributed by atoms with E-state index < -0.39 is 5.60 Å². The Hall–Kier alpha value is -1.82. The number of allylic oxidation sites excluding steroid dienone is 2. The first-order valence-electron chi connectivity index (χ1n) is 11.4. The zero-order valence-electron chi connectivity index (χ0n) is 17.7. The number of rotatable bonds is 5. The average molecular weight is 399 g/mol. The first-order chi connectivity index (χ1) is 13.9. The standard InChI is InChI=1S/C23H34N4O2/c1-23(2,29)14-26-11-10-18-19(4-3-5-21(18)26)22(28)27(16-6-7-16)17-8-9-20-15(12-17)13-24-25-20/h5,13,16-19,29H,3-4,6-12,14H2,1-2H3,(H,24,25). The molecule has 2 heterocycles. The molecule has 1 aromatic rings. The molecule has 2 N–H and O–H groups in total. The molecule has 1 saturated heterocycles. The van der Waals surface area contributed by atoms with E-state index in [0.717, 1.165) is 57.9 Å². The van der Waals surface area contributed by atoms with Crippen molar-refractivity contribution in [1.82, 2.24) is 20.0 Å². The van der Waals surface area contributed by atoms with Gasteiger partial charge in [0.1, 0.15) is 0 Å². The molecule has 6 heteroatoms. The second-order valence-corrected chi connectivity index (χ2v) is 10.2. The molecular weight excluding hydrogens is 364 g/mol. The third kappa shape index (κ3) is 3.72. The SMILES string of the molecule is CC(C)(O)CN1CCC2C1=CCCC2C(=O)N(C1CC1)C1CCc2[nH]ncc2C1. The van der Waals surface area contributed by atoms with E-state index in [0.29, 0.717) is 30.5 Å². The smallest absolute Gasteiger partial charge is 0.226 e. The maximum absolute atomic E-state index is 13.9. The van der Waals surface area contributed by atoms with E-state index >= 15 is 0 Å². The van der Waals surface area contributed by atoms with E-state index in [1.165, 1.54) is 17.0 Å². The van der Waals surface area contributed by atoms with Gasteiger partial charge in [-0.25, -0.2) is 0 Å². The Labute approximate surface area is 173 Å². The number of likely N-dealkylation sites (tertiary alicyclic amines) is 1. The number of hydrogen-bond acceptors (Lipinski definition) is 4. The van der Waals surface area contributed by atoms with Crippen LogP contribution in [0.2, 0.25) is 0 Å². The van der Waals surface area contributed by atoms with Crippen molar-refractivity contribution in [2.24, 2.45) is 11.8 Å². The summed E-state index contributed by atoms with van der Waals surface area (Å²) in [6, 6.07) is 0.771. The number of nitrogens with one attached hydrogen (secondary N) is 1. The molecule has 0 aromatic carbocycles. The Balaban J connectivity index is 1.33. The van der Waals surface area contributed by atoms with E-state index in [-0.39, 0.29) is 5.92 Å². The summed E-state index contributed by atoms with van der Waals surface area (Å²) in [5.41, 5.74) is 3.15. The highest BCUT2D eigenvalue weighted by Gasteiger charge is 2.46. The fourth-order valence-electron chi connectivity index (χ4n) is 5.88. The summed E-state index contributed by atoms with van der Waals surface area (Å²) < 4.78 is 0. The highest BCUT2D eigenvalue weighted by molar-refractivity contribution is 5.81. The highest BCUT2D eigenvalue weighted by atomic mass is 16.3. The van der Waals surface area contributed by atoms with Crippen molar-refractivity contribution >= 4 is 5.91 Å².